The van der Waals surface area contributed by atoms with Crippen molar-refractivity contribution in [3.05, 3.63) is 39.9 Å². The first kappa shape index (κ1) is 17.7. The maximum absolute atomic E-state index is 12.1. The Kier molecular flexibility index (Phi) is 5.53. The summed E-state index contributed by atoms with van der Waals surface area (Å²) in [5.41, 5.74) is 1.27. The van der Waals surface area contributed by atoms with Gasteiger partial charge in [-0.05, 0) is 37.2 Å². The Morgan fingerprint density at radius 3 is 2.40 bits per heavy atom. The van der Waals surface area contributed by atoms with Gasteiger partial charge in [0.15, 0.2) is 0 Å². The van der Waals surface area contributed by atoms with Gasteiger partial charge in [0.1, 0.15) is 0 Å². The second-order valence-corrected chi connectivity index (χ2v) is 7.14. The summed E-state index contributed by atoms with van der Waals surface area (Å²) in [4.78, 5) is 26.8. The van der Waals surface area contributed by atoms with E-state index in [2.05, 4.69) is 10.2 Å². The number of nitro benzene ring substituents is 1. The number of carbonyl (C=O) groups is 1. The number of non-ortho nitro benzene ring substituents is 1. The van der Waals surface area contributed by atoms with Crippen LogP contribution in [-0.2, 0) is 6.42 Å². The van der Waals surface area contributed by atoms with E-state index in [4.69, 9.17) is 0 Å². The highest BCUT2D eigenvalue weighted by atomic mass is 16.6. The number of hydrogen-bond acceptors (Lipinski definition) is 4. The predicted octanol–water partition coefficient (Wildman–Crippen LogP) is 2.12. The third-order valence-corrected chi connectivity index (χ3v) is 5.14. The fourth-order valence-electron chi connectivity index (χ4n) is 4.07. The molecule has 1 aromatic carbocycles. The van der Waals surface area contributed by atoms with Crippen molar-refractivity contribution in [3.63, 3.8) is 0 Å². The number of hydrogen-bond donors (Lipinski definition) is 1. The first-order valence-electron chi connectivity index (χ1n) is 9.03. The molecule has 2 aliphatic heterocycles. The topological polar surface area (TPSA) is 78.7 Å². The van der Waals surface area contributed by atoms with Gasteiger partial charge in [-0.1, -0.05) is 12.1 Å². The summed E-state index contributed by atoms with van der Waals surface area (Å²) in [6.07, 6.45) is 2.11. The Morgan fingerprint density at radius 1 is 1.20 bits per heavy atom. The molecule has 0 aromatic heterocycles. The van der Waals surface area contributed by atoms with E-state index in [-0.39, 0.29) is 16.6 Å². The van der Waals surface area contributed by atoms with E-state index in [0.717, 1.165) is 44.7 Å². The zero-order chi connectivity index (χ0) is 17.8. The number of urea groups is 1. The van der Waals surface area contributed by atoms with E-state index in [9.17, 15) is 14.9 Å². The Morgan fingerprint density at radius 2 is 1.84 bits per heavy atom. The zero-order valence-corrected chi connectivity index (χ0v) is 14.7. The highest BCUT2D eigenvalue weighted by Crippen LogP contribution is 2.28. The fraction of sp³-hybridized carbons (Fsp3) is 0.611. The van der Waals surface area contributed by atoms with Crippen LogP contribution in [0.2, 0.25) is 0 Å². The minimum atomic E-state index is -0.365. The fourth-order valence-corrected chi connectivity index (χ4v) is 4.07. The van der Waals surface area contributed by atoms with E-state index < -0.39 is 0 Å². The van der Waals surface area contributed by atoms with Crippen molar-refractivity contribution in [2.75, 3.05) is 39.3 Å². The second-order valence-electron chi connectivity index (χ2n) is 7.14. The van der Waals surface area contributed by atoms with E-state index in [1.807, 2.05) is 24.0 Å². The number of fused-ring (bicyclic) bond motifs is 2. The SMILES string of the molecule is CCNC(=O)N1CC2CC(CN(CCc3ccc([N+](=O)[O-])cc3)C2)C1. The van der Waals surface area contributed by atoms with Crippen LogP contribution in [-0.4, -0.2) is 60.0 Å². The first-order valence-corrected chi connectivity index (χ1v) is 9.03. The van der Waals surface area contributed by atoms with Crippen LogP contribution in [0.15, 0.2) is 24.3 Å². The van der Waals surface area contributed by atoms with Crippen LogP contribution in [0.1, 0.15) is 18.9 Å². The molecule has 25 heavy (non-hydrogen) atoms. The average molecular weight is 346 g/mol. The third-order valence-electron chi connectivity index (χ3n) is 5.14. The molecule has 2 amide bonds. The molecule has 7 heteroatoms. The van der Waals surface area contributed by atoms with Crippen molar-refractivity contribution in [2.24, 2.45) is 11.8 Å². The molecule has 3 rings (SSSR count). The lowest BCUT2D eigenvalue weighted by Crippen LogP contribution is -2.56. The van der Waals surface area contributed by atoms with Crippen LogP contribution in [0, 0.1) is 22.0 Å². The molecule has 136 valence electrons. The second kappa shape index (κ2) is 7.82. The molecule has 0 aliphatic carbocycles. The van der Waals surface area contributed by atoms with Crippen molar-refractivity contribution in [2.45, 2.75) is 19.8 Å². The first-order chi connectivity index (χ1) is 12.0. The Bertz CT molecular complexity index is 605. The molecule has 2 atom stereocenters. The molecule has 2 fully saturated rings. The monoisotopic (exact) mass is 346 g/mol. The molecule has 2 aliphatic rings. The summed E-state index contributed by atoms with van der Waals surface area (Å²) in [7, 11) is 0. The zero-order valence-electron chi connectivity index (χ0n) is 14.7. The standard InChI is InChI=1S/C18H26N4O3/c1-2-19-18(23)21-12-15-9-16(13-21)11-20(10-15)8-7-14-3-5-17(6-4-14)22(24)25/h3-6,15-16H,2,7-13H2,1H3,(H,19,23). The number of likely N-dealkylation sites (tertiary alicyclic amines) is 2. The van der Waals surface area contributed by atoms with Crippen LogP contribution >= 0.6 is 0 Å². The van der Waals surface area contributed by atoms with Crippen molar-refractivity contribution in [1.82, 2.24) is 15.1 Å². The average Bonchev–Trinajstić information content (AvgIpc) is 2.59. The van der Waals surface area contributed by atoms with Crippen LogP contribution in [0.4, 0.5) is 10.5 Å². The van der Waals surface area contributed by atoms with Gasteiger partial charge in [-0.3, -0.25) is 10.1 Å². The van der Waals surface area contributed by atoms with Crippen molar-refractivity contribution < 1.29 is 9.72 Å². The molecular weight excluding hydrogens is 320 g/mol. The van der Waals surface area contributed by atoms with E-state index in [1.54, 1.807) is 12.1 Å². The van der Waals surface area contributed by atoms with Crippen LogP contribution < -0.4 is 5.32 Å². The molecule has 1 N–H and O–H groups in total. The highest BCUT2D eigenvalue weighted by Gasteiger charge is 2.35. The number of rotatable bonds is 5. The molecule has 2 saturated heterocycles. The van der Waals surface area contributed by atoms with Gasteiger partial charge in [0.05, 0.1) is 4.92 Å². The van der Waals surface area contributed by atoms with Gasteiger partial charge < -0.3 is 15.1 Å². The Hall–Kier alpha value is -2.15. The van der Waals surface area contributed by atoms with Crippen molar-refractivity contribution >= 4 is 11.7 Å². The third kappa shape index (κ3) is 4.48. The quantitative estimate of drug-likeness (QED) is 0.654. The number of nitrogens with one attached hydrogen (secondary N) is 1. The summed E-state index contributed by atoms with van der Waals surface area (Å²) in [5.74, 6) is 1.10. The van der Waals surface area contributed by atoms with Gasteiger partial charge in [-0.2, -0.15) is 0 Å². The summed E-state index contributed by atoms with van der Waals surface area (Å²) in [6.45, 7) is 7.33. The molecule has 7 nitrogen and oxygen atoms in total. The van der Waals surface area contributed by atoms with E-state index in [1.165, 1.54) is 6.42 Å². The number of carbonyl (C=O) groups excluding carboxylic acids is 1. The van der Waals surface area contributed by atoms with Gasteiger partial charge in [0, 0.05) is 51.4 Å². The largest absolute Gasteiger partial charge is 0.338 e. The minimum Gasteiger partial charge on any atom is -0.338 e. The van der Waals surface area contributed by atoms with Crippen LogP contribution in [0.3, 0.4) is 0 Å². The van der Waals surface area contributed by atoms with Crippen LogP contribution in [0.5, 0.6) is 0 Å². The smallest absolute Gasteiger partial charge is 0.317 e. The molecule has 2 bridgehead atoms. The molecular formula is C18H26N4O3. The number of piperidine rings is 2. The molecule has 0 radical (unpaired) electrons. The van der Waals surface area contributed by atoms with Crippen molar-refractivity contribution in [3.8, 4) is 0 Å². The maximum atomic E-state index is 12.1. The van der Waals surface area contributed by atoms with Gasteiger partial charge in [0.2, 0.25) is 0 Å². The molecule has 0 saturated carbocycles. The van der Waals surface area contributed by atoms with Gasteiger partial charge >= 0.3 is 6.03 Å². The number of amides is 2. The van der Waals surface area contributed by atoms with E-state index >= 15 is 0 Å². The lowest BCUT2D eigenvalue weighted by Gasteiger charge is -2.45. The molecule has 2 heterocycles. The summed E-state index contributed by atoms with van der Waals surface area (Å²) < 4.78 is 0. The number of benzene rings is 1. The molecule has 0 spiro atoms. The number of nitrogens with zero attached hydrogens (tertiary/aromatic N) is 3. The number of nitro groups is 1. The lowest BCUT2D eigenvalue weighted by molar-refractivity contribution is -0.384. The lowest BCUT2D eigenvalue weighted by atomic mass is 9.84. The molecule has 1 aromatic rings. The van der Waals surface area contributed by atoms with Gasteiger partial charge in [0.25, 0.3) is 5.69 Å². The predicted molar refractivity (Wildman–Crippen MR) is 95.5 cm³/mol. The van der Waals surface area contributed by atoms with Gasteiger partial charge in [-0.15, -0.1) is 0 Å². The Balaban J connectivity index is 1.50. The summed E-state index contributed by atoms with van der Waals surface area (Å²) >= 11 is 0. The summed E-state index contributed by atoms with van der Waals surface area (Å²) in [5, 5.41) is 13.6. The highest BCUT2D eigenvalue weighted by molar-refractivity contribution is 5.74. The minimum absolute atomic E-state index is 0.0662. The van der Waals surface area contributed by atoms with Crippen LogP contribution in [0.25, 0.3) is 0 Å². The van der Waals surface area contributed by atoms with Gasteiger partial charge in [-0.25, -0.2) is 4.79 Å². The maximum Gasteiger partial charge on any atom is 0.317 e. The normalized spacial score (nSPS) is 23.3. The summed E-state index contributed by atoms with van der Waals surface area (Å²) in [6, 6.07) is 6.91. The molecule has 2 unspecified atom stereocenters. The van der Waals surface area contributed by atoms with Crippen molar-refractivity contribution in [1.29, 1.82) is 0 Å². The van der Waals surface area contributed by atoms with E-state index in [0.29, 0.717) is 18.4 Å². The Labute approximate surface area is 148 Å².